The highest BCUT2D eigenvalue weighted by Gasteiger charge is 2.29. The number of nitrogens with one attached hydrogen (secondary N) is 3. The van der Waals surface area contributed by atoms with E-state index in [4.69, 9.17) is 14.2 Å². The molecule has 36 heavy (non-hydrogen) atoms. The average molecular weight is 508 g/mol. The molecule has 0 aliphatic heterocycles. The molecule has 1 aromatic rings. The van der Waals surface area contributed by atoms with Gasteiger partial charge in [-0.05, 0) is 57.9 Å². The molecule has 0 spiro atoms. The highest BCUT2D eigenvalue weighted by atomic mass is 16.6. The fourth-order valence-electron chi connectivity index (χ4n) is 3.25. The lowest BCUT2D eigenvalue weighted by Gasteiger charge is -2.25. The largest absolute Gasteiger partial charge is 0.467 e. The zero-order valence-electron chi connectivity index (χ0n) is 22.2. The first-order valence-corrected chi connectivity index (χ1v) is 12.2. The van der Waals surface area contributed by atoms with Crippen molar-refractivity contribution < 1.29 is 33.4 Å². The summed E-state index contributed by atoms with van der Waals surface area (Å²) in [6.07, 6.45) is 0.543. The van der Waals surface area contributed by atoms with Gasteiger partial charge in [-0.25, -0.2) is 14.4 Å². The summed E-state index contributed by atoms with van der Waals surface area (Å²) in [4.78, 5) is 49.2. The normalized spacial score (nSPS) is 12.8. The maximum Gasteiger partial charge on any atom is 0.408 e. The molecule has 10 nitrogen and oxygen atoms in total. The summed E-state index contributed by atoms with van der Waals surface area (Å²) in [7, 11) is 1.25. The van der Waals surface area contributed by atoms with Crippen LogP contribution in [0.1, 0.15) is 65.9 Å². The number of alkyl carbamates (subject to hydrolysis) is 2. The number of amides is 3. The summed E-state index contributed by atoms with van der Waals surface area (Å²) in [6.45, 7) is 9.57. The second-order valence-corrected chi connectivity index (χ2v) is 9.90. The van der Waals surface area contributed by atoms with Gasteiger partial charge in [0.1, 0.15) is 24.3 Å². The first-order valence-electron chi connectivity index (χ1n) is 12.2. The van der Waals surface area contributed by atoms with Gasteiger partial charge in [0.05, 0.1) is 7.11 Å². The Bertz CT molecular complexity index is 838. The van der Waals surface area contributed by atoms with E-state index in [1.807, 2.05) is 44.2 Å². The molecule has 0 aromatic heterocycles. The van der Waals surface area contributed by atoms with Gasteiger partial charge in [0.15, 0.2) is 0 Å². The number of unbranched alkanes of at least 4 members (excludes halogenated alkanes) is 1. The topological polar surface area (TPSA) is 132 Å². The van der Waals surface area contributed by atoms with Gasteiger partial charge in [-0.2, -0.15) is 0 Å². The smallest absolute Gasteiger partial charge is 0.408 e. The molecule has 202 valence electrons. The van der Waals surface area contributed by atoms with E-state index >= 15 is 0 Å². The van der Waals surface area contributed by atoms with Crippen molar-refractivity contribution in [3.63, 3.8) is 0 Å². The lowest BCUT2D eigenvalue weighted by Crippen LogP contribution is -2.53. The van der Waals surface area contributed by atoms with Gasteiger partial charge in [0.25, 0.3) is 0 Å². The molecule has 3 N–H and O–H groups in total. The van der Waals surface area contributed by atoms with Gasteiger partial charge >= 0.3 is 18.2 Å². The van der Waals surface area contributed by atoms with Crippen LogP contribution in [0.2, 0.25) is 0 Å². The fraction of sp³-hybridized carbons (Fsp3) is 0.615. The van der Waals surface area contributed by atoms with E-state index < -0.39 is 41.7 Å². The molecule has 0 heterocycles. The molecule has 0 fully saturated rings. The van der Waals surface area contributed by atoms with Crippen molar-refractivity contribution in [3.8, 4) is 0 Å². The molecule has 10 heteroatoms. The number of benzene rings is 1. The summed E-state index contributed by atoms with van der Waals surface area (Å²) in [6, 6.07) is 7.59. The monoisotopic (exact) mass is 507 g/mol. The van der Waals surface area contributed by atoms with Crippen molar-refractivity contribution in [1.29, 1.82) is 0 Å². The third kappa shape index (κ3) is 13.6. The van der Waals surface area contributed by atoms with Gasteiger partial charge in [0.2, 0.25) is 5.91 Å². The molecule has 0 saturated heterocycles. The van der Waals surface area contributed by atoms with Crippen molar-refractivity contribution in [1.82, 2.24) is 16.0 Å². The molecule has 2 unspecified atom stereocenters. The standard InChI is InChI=1S/C26H41N3O7/c1-18(2)16-21(29-25(33)36-26(3,4)5)22(30)28-20(23(31)34-6)14-10-11-15-27-24(32)35-17-19-12-8-7-9-13-19/h7-9,12-13,18,20-21H,10-11,14-17H2,1-6H3,(H,27,32)(H,28,30)(H,29,33). The summed E-state index contributed by atoms with van der Waals surface area (Å²) < 4.78 is 15.3. The first-order chi connectivity index (χ1) is 16.9. The van der Waals surface area contributed by atoms with E-state index in [-0.39, 0.29) is 12.5 Å². The minimum absolute atomic E-state index is 0.111. The Morgan fingerprint density at radius 2 is 1.58 bits per heavy atom. The summed E-state index contributed by atoms with van der Waals surface area (Å²) >= 11 is 0. The minimum Gasteiger partial charge on any atom is -0.467 e. The Morgan fingerprint density at radius 3 is 2.17 bits per heavy atom. The fourth-order valence-corrected chi connectivity index (χ4v) is 3.25. The van der Waals surface area contributed by atoms with Crippen molar-refractivity contribution in [3.05, 3.63) is 35.9 Å². The van der Waals surface area contributed by atoms with Crippen LogP contribution in [0.3, 0.4) is 0 Å². The van der Waals surface area contributed by atoms with Crippen LogP contribution in [0.15, 0.2) is 30.3 Å². The Labute approximate surface area is 213 Å². The summed E-state index contributed by atoms with van der Waals surface area (Å²) in [5.41, 5.74) is 0.181. The number of rotatable bonds is 13. The molecular weight excluding hydrogens is 466 g/mol. The highest BCUT2D eigenvalue weighted by molar-refractivity contribution is 5.89. The minimum atomic E-state index is -0.886. The van der Waals surface area contributed by atoms with Crippen LogP contribution in [-0.4, -0.2) is 55.4 Å². The molecular formula is C26H41N3O7. The average Bonchev–Trinajstić information content (AvgIpc) is 2.79. The highest BCUT2D eigenvalue weighted by Crippen LogP contribution is 2.11. The Kier molecular flexibility index (Phi) is 13.4. The maximum atomic E-state index is 12.9. The summed E-state index contributed by atoms with van der Waals surface area (Å²) in [5.74, 6) is -0.966. The lowest BCUT2D eigenvalue weighted by atomic mass is 10.0. The third-order valence-corrected chi connectivity index (χ3v) is 4.92. The van der Waals surface area contributed by atoms with Crippen LogP contribution < -0.4 is 16.0 Å². The Morgan fingerprint density at radius 1 is 0.917 bits per heavy atom. The van der Waals surface area contributed by atoms with Gasteiger partial charge in [-0.15, -0.1) is 0 Å². The van der Waals surface area contributed by atoms with Crippen molar-refractivity contribution in [2.75, 3.05) is 13.7 Å². The zero-order valence-corrected chi connectivity index (χ0v) is 22.2. The number of carbonyl (C=O) groups is 4. The summed E-state index contributed by atoms with van der Waals surface area (Å²) in [5, 5.41) is 7.94. The van der Waals surface area contributed by atoms with Crippen LogP contribution in [-0.2, 0) is 30.4 Å². The van der Waals surface area contributed by atoms with Gasteiger partial charge < -0.3 is 30.2 Å². The van der Waals surface area contributed by atoms with E-state index in [1.165, 1.54) is 7.11 Å². The van der Waals surface area contributed by atoms with E-state index in [9.17, 15) is 19.2 Å². The molecule has 0 radical (unpaired) electrons. The SMILES string of the molecule is COC(=O)C(CCCCNC(=O)OCc1ccccc1)NC(=O)C(CC(C)C)NC(=O)OC(C)(C)C. The molecule has 0 aliphatic rings. The Balaban J connectivity index is 2.53. The van der Waals surface area contributed by atoms with E-state index in [2.05, 4.69) is 16.0 Å². The van der Waals surface area contributed by atoms with Crippen molar-refractivity contribution in [2.45, 2.75) is 84.6 Å². The predicted molar refractivity (Wildman–Crippen MR) is 135 cm³/mol. The van der Waals surface area contributed by atoms with Gasteiger partial charge in [0, 0.05) is 6.54 Å². The lowest BCUT2D eigenvalue weighted by molar-refractivity contribution is -0.145. The second-order valence-electron chi connectivity index (χ2n) is 9.90. The van der Waals surface area contributed by atoms with E-state index in [0.717, 1.165) is 5.56 Å². The number of hydrogen-bond donors (Lipinski definition) is 3. The molecule has 1 aromatic carbocycles. The predicted octanol–water partition coefficient (Wildman–Crippen LogP) is 3.68. The molecule has 1 rings (SSSR count). The molecule has 3 amide bonds. The Hall–Kier alpha value is -3.30. The van der Waals surface area contributed by atoms with Crippen LogP contribution in [0.25, 0.3) is 0 Å². The van der Waals surface area contributed by atoms with Crippen molar-refractivity contribution >= 4 is 24.1 Å². The number of esters is 1. The number of hydrogen-bond acceptors (Lipinski definition) is 7. The third-order valence-electron chi connectivity index (χ3n) is 4.92. The van der Waals surface area contributed by atoms with E-state index in [0.29, 0.717) is 32.2 Å². The van der Waals surface area contributed by atoms with Crippen molar-refractivity contribution in [2.24, 2.45) is 5.92 Å². The van der Waals surface area contributed by atoms with E-state index in [1.54, 1.807) is 20.8 Å². The van der Waals surface area contributed by atoms with Crippen LogP contribution >= 0.6 is 0 Å². The van der Waals surface area contributed by atoms with Crippen LogP contribution in [0.4, 0.5) is 9.59 Å². The quantitative estimate of drug-likeness (QED) is 0.211. The molecule has 0 saturated carbocycles. The first kappa shape index (κ1) is 30.7. The molecule has 0 aliphatic carbocycles. The van der Waals surface area contributed by atoms with Gasteiger partial charge in [-0.3, -0.25) is 4.79 Å². The molecule has 2 atom stereocenters. The number of methoxy groups -OCH3 is 1. The van der Waals surface area contributed by atoms with Crippen LogP contribution in [0, 0.1) is 5.92 Å². The van der Waals surface area contributed by atoms with Crippen LogP contribution in [0.5, 0.6) is 0 Å². The second kappa shape index (κ2) is 15.6. The maximum absolute atomic E-state index is 12.9. The zero-order chi connectivity index (χ0) is 27.1. The number of carbonyl (C=O) groups excluding carboxylic acids is 4. The number of ether oxygens (including phenoxy) is 3. The molecule has 0 bridgehead atoms. The van der Waals surface area contributed by atoms with Gasteiger partial charge in [-0.1, -0.05) is 44.2 Å².